The molecule has 102 valence electrons. The summed E-state index contributed by atoms with van der Waals surface area (Å²) in [7, 11) is 0. The van der Waals surface area contributed by atoms with E-state index in [2.05, 4.69) is 31.2 Å². The predicted octanol–water partition coefficient (Wildman–Crippen LogP) is 4.20. The molecule has 0 unspecified atom stereocenters. The molecule has 2 aliphatic rings. The smallest absolute Gasteiger partial charge is 0.0726 e. The van der Waals surface area contributed by atoms with Crippen LogP contribution in [0.25, 0.3) is 10.9 Å². The van der Waals surface area contributed by atoms with Crippen molar-refractivity contribution >= 4 is 16.6 Å². The number of allylic oxidation sites excluding steroid dienone is 2. The van der Waals surface area contributed by atoms with Crippen molar-refractivity contribution in [1.29, 1.82) is 0 Å². The van der Waals surface area contributed by atoms with Crippen LogP contribution in [0.4, 0.5) is 5.69 Å². The predicted molar refractivity (Wildman–Crippen MR) is 83.7 cm³/mol. The zero-order valence-corrected chi connectivity index (χ0v) is 11.9. The van der Waals surface area contributed by atoms with E-state index in [9.17, 15) is 0 Å². The molecule has 0 saturated carbocycles. The highest BCUT2D eigenvalue weighted by molar-refractivity contribution is 5.92. The van der Waals surface area contributed by atoms with Crippen LogP contribution in [0.2, 0.25) is 0 Å². The summed E-state index contributed by atoms with van der Waals surface area (Å²) < 4.78 is 0. The maximum atomic E-state index is 6.50. The van der Waals surface area contributed by atoms with Crippen LogP contribution in [0.3, 0.4) is 0 Å². The van der Waals surface area contributed by atoms with Gasteiger partial charge in [-0.15, -0.1) is 0 Å². The van der Waals surface area contributed by atoms with Crippen molar-refractivity contribution in [3.05, 3.63) is 47.2 Å². The second-order valence-electron chi connectivity index (χ2n) is 6.18. The van der Waals surface area contributed by atoms with Crippen LogP contribution < -0.4 is 5.73 Å². The third-order valence-corrected chi connectivity index (χ3v) is 4.94. The normalized spacial score (nSPS) is 24.4. The van der Waals surface area contributed by atoms with Crippen LogP contribution >= 0.6 is 0 Å². The first kappa shape index (κ1) is 12.0. The Kier molecular flexibility index (Phi) is 2.59. The van der Waals surface area contributed by atoms with Crippen molar-refractivity contribution < 1.29 is 0 Å². The monoisotopic (exact) mass is 264 g/mol. The standard InChI is InChI=1S/C18H20N2/c1-2-11-7-12-9-13(8-11)17-16(10-12)20-15-6-4-3-5-14(15)18(17)19/h3-7,12-13H,2,8-10H2,1H3,(H2,19,20)/t12-,13+/m0/s1. The van der Waals surface area contributed by atoms with E-state index < -0.39 is 0 Å². The molecule has 1 aromatic heterocycles. The Morgan fingerprint density at radius 1 is 1.25 bits per heavy atom. The number of nitrogen functional groups attached to an aromatic ring is 1. The molecule has 2 aromatic rings. The number of hydrogen-bond acceptors (Lipinski definition) is 2. The lowest BCUT2D eigenvalue weighted by Crippen LogP contribution is -2.24. The van der Waals surface area contributed by atoms with Crippen LogP contribution in [0.1, 0.15) is 43.4 Å². The van der Waals surface area contributed by atoms with Gasteiger partial charge in [0, 0.05) is 22.3 Å². The zero-order valence-electron chi connectivity index (χ0n) is 11.9. The second-order valence-corrected chi connectivity index (χ2v) is 6.18. The number of para-hydroxylation sites is 1. The summed E-state index contributed by atoms with van der Waals surface area (Å²) in [6.07, 6.45) is 7.14. The molecule has 2 atom stereocenters. The highest BCUT2D eigenvalue weighted by Gasteiger charge is 2.33. The Bertz CT molecular complexity index is 715. The van der Waals surface area contributed by atoms with Gasteiger partial charge in [-0.2, -0.15) is 0 Å². The molecular formula is C18H20N2. The van der Waals surface area contributed by atoms with E-state index in [1.54, 1.807) is 5.57 Å². The van der Waals surface area contributed by atoms with E-state index >= 15 is 0 Å². The largest absolute Gasteiger partial charge is 0.398 e. The van der Waals surface area contributed by atoms with Crippen molar-refractivity contribution in [2.45, 2.75) is 38.5 Å². The van der Waals surface area contributed by atoms with Crippen molar-refractivity contribution in [3.8, 4) is 0 Å². The molecule has 0 fully saturated rings. The van der Waals surface area contributed by atoms with Gasteiger partial charge < -0.3 is 5.73 Å². The summed E-state index contributed by atoms with van der Waals surface area (Å²) in [5.41, 5.74) is 12.7. The molecule has 0 saturated heterocycles. The molecule has 0 aliphatic heterocycles. The molecule has 2 N–H and O–H groups in total. The fourth-order valence-corrected chi connectivity index (χ4v) is 4.02. The summed E-state index contributed by atoms with van der Waals surface area (Å²) >= 11 is 0. The van der Waals surface area contributed by atoms with Gasteiger partial charge in [0.25, 0.3) is 0 Å². The molecular weight excluding hydrogens is 244 g/mol. The highest BCUT2D eigenvalue weighted by Crippen LogP contribution is 2.46. The van der Waals surface area contributed by atoms with Crippen LogP contribution in [-0.4, -0.2) is 4.98 Å². The summed E-state index contributed by atoms with van der Waals surface area (Å²) in [6.45, 7) is 2.26. The molecule has 0 radical (unpaired) electrons. The first-order valence-electron chi connectivity index (χ1n) is 7.62. The van der Waals surface area contributed by atoms with Gasteiger partial charge in [-0.05, 0) is 43.6 Å². The molecule has 4 rings (SSSR count). The molecule has 1 heterocycles. The lowest BCUT2D eigenvalue weighted by molar-refractivity contribution is 0.429. The van der Waals surface area contributed by atoms with Gasteiger partial charge in [0.1, 0.15) is 0 Å². The van der Waals surface area contributed by atoms with E-state index in [4.69, 9.17) is 10.7 Å². The van der Waals surface area contributed by atoms with Crippen molar-refractivity contribution in [2.75, 3.05) is 5.73 Å². The fourth-order valence-electron chi connectivity index (χ4n) is 4.02. The minimum atomic E-state index is 0.584. The number of benzene rings is 1. The Labute approximate surface area is 119 Å². The Morgan fingerprint density at radius 3 is 2.95 bits per heavy atom. The average molecular weight is 264 g/mol. The molecule has 1 aromatic carbocycles. The SMILES string of the molecule is CCC1=C[C@@H]2Cc3nc4ccccc4c(N)c3[C@H](C1)C2. The molecule has 2 bridgehead atoms. The lowest BCUT2D eigenvalue weighted by Gasteiger charge is -2.35. The van der Waals surface area contributed by atoms with Gasteiger partial charge in [0.15, 0.2) is 0 Å². The quantitative estimate of drug-likeness (QED) is 0.784. The number of fused-ring (bicyclic) bond motifs is 5. The summed E-state index contributed by atoms with van der Waals surface area (Å²) in [5.74, 6) is 1.25. The van der Waals surface area contributed by atoms with E-state index in [1.165, 1.54) is 30.5 Å². The Morgan fingerprint density at radius 2 is 2.10 bits per heavy atom. The van der Waals surface area contributed by atoms with Crippen LogP contribution in [0, 0.1) is 5.92 Å². The number of aromatic nitrogens is 1. The topological polar surface area (TPSA) is 38.9 Å². The van der Waals surface area contributed by atoms with Crippen molar-refractivity contribution in [3.63, 3.8) is 0 Å². The number of hydrogen-bond donors (Lipinski definition) is 1. The third-order valence-electron chi connectivity index (χ3n) is 4.94. The number of anilines is 1. The van der Waals surface area contributed by atoms with Gasteiger partial charge >= 0.3 is 0 Å². The van der Waals surface area contributed by atoms with Gasteiger partial charge in [0.2, 0.25) is 0 Å². The van der Waals surface area contributed by atoms with E-state index in [0.29, 0.717) is 11.8 Å². The molecule has 0 spiro atoms. The molecule has 0 amide bonds. The van der Waals surface area contributed by atoms with Crippen LogP contribution in [0.5, 0.6) is 0 Å². The molecule has 2 nitrogen and oxygen atoms in total. The van der Waals surface area contributed by atoms with Crippen molar-refractivity contribution in [2.24, 2.45) is 5.92 Å². The molecule has 2 aliphatic carbocycles. The van der Waals surface area contributed by atoms with Crippen LogP contribution in [0.15, 0.2) is 35.9 Å². The summed E-state index contributed by atoms with van der Waals surface area (Å²) in [6, 6.07) is 8.27. The van der Waals surface area contributed by atoms with Gasteiger partial charge in [-0.3, -0.25) is 4.98 Å². The van der Waals surface area contributed by atoms with E-state index in [1.807, 2.05) is 6.07 Å². The zero-order chi connectivity index (χ0) is 13.7. The third kappa shape index (κ3) is 1.67. The number of pyridine rings is 1. The van der Waals surface area contributed by atoms with Crippen LogP contribution in [-0.2, 0) is 6.42 Å². The van der Waals surface area contributed by atoms with Gasteiger partial charge in [-0.25, -0.2) is 0 Å². The summed E-state index contributed by atoms with van der Waals surface area (Å²) in [5, 5.41) is 1.12. The first-order chi connectivity index (χ1) is 9.76. The Balaban J connectivity index is 1.92. The van der Waals surface area contributed by atoms with E-state index in [0.717, 1.165) is 23.0 Å². The number of nitrogens with two attached hydrogens (primary N) is 1. The minimum Gasteiger partial charge on any atom is -0.398 e. The molecule has 20 heavy (non-hydrogen) atoms. The van der Waals surface area contributed by atoms with E-state index in [-0.39, 0.29) is 0 Å². The van der Waals surface area contributed by atoms with Gasteiger partial charge in [-0.1, -0.05) is 36.8 Å². The van der Waals surface area contributed by atoms with Gasteiger partial charge in [0.05, 0.1) is 5.52 Å². The number of rotatable bonds is 1. The summed E-state index contributed by atoms with van der Waals surface area (Å²) in [4.78, 5) is 4.90. The second kappa shape index (κ2) is 4.34. The minimum absolute atomic E-state index is 0.584. The lowest BCUT2D eigenvalue weighted by atomic mass is 9.70. The van der Waals surface area contributed by atoms with Crippen molar-refractivity contribution in [1.82, 2.24) is 4.98 Å². The fraction of sp³-hybridized carbons (Fsp3) is 0.389. The first-order valence-corrected chi connectivity index (χ1v) is 7.62. The Hall–Kier alpha value is -1.83. The number of nitrogens with zero attached hydrogens (tertiary/aromatic N) is 1. The maximum Gasteiger partial charge on any atom is 0.0726 e. The maximum absolute atomic E-state index is 6.50. The average Bonchev–Trinajstić information content (AvgIpc) is 2.46. The highest BCUT2D eigenvalue weighted by atomic mass is 14.7. The molecule has 2 heteroatoms.